The molecule has 1 amide bonds. The summed E-state index contributed by atoms with van der Waals surface area (Å²) in [5, 5.41) is 0. The van der Waals surface area contributed by atoms with Crippen LogP contribution in [0, 0.1) is 0 Å². The maximum Gasteiger partial charge on any atom is 0.225 e. The fourth-order valence-corrected chi connectivity index (χ4v) is 1.50. The molecule has 76 valence electrons. The minimum atomic E-state index is 0.645. The van der Waals surface area contributed by atoms with Crippen molar-refractivity contribution in [3.05, 3.63) is 29.3 Å². The number of aryl methyl sites for hydroxylation is 2. The van der Waals surface area contributed by atoms with Crippen molar-refractivity contribution in [3.8, 4) is 0 Å². The normalized spacial score (nSPS) is 9.57. The topological polar surface area (TPSA) is 41.1 Å². The lowest BCUT2D eigenvalue weighted by molar-refractivity contribution is -0.109. The first kappa shape index (κ1) is 10.6. The van der Waals surface area contributed by atoms with Crippen LogP contribution in [0.5, 0.6) is 0 Å². The Balaban J connectivity index is 2.99. The summed E-state index contributed by atoms with van der Waals surface area (Å²) in [4.78, 5) is 10.2. The third-order valence-corrected chi connectivity index (χ3v) is 2.25. The SMILES string of the molecule is CCc1cccc(CC)c1NNC=O. The van der Waals surface area contributed by atoms with Crippen molar-refractivity contribution in [3.63, 3.8) is 0 Å². The van der Waals surface area contributed by atoms with Gasteiger partial charge in [-0.25, -0.2) is 0 Å². The van der Waals surface area contributed by atoms with Gasteiger partial charge < -0.3 is 0 Å². The number of hydrazine groups is 1. The van der Waals surface area contributed by atoms with Crippen LogP contribution in [0.25, 0.3) is 0 Å². The molecule has 0 atom stereocenters. The number of carbonyl (C=O) groups excluding carboxylic acids is 1. The first-order valence-electron chi connectivity index (χ1n) is 4.89. The van der Waals surface area contributed by atoms with Gasteiger partial charge in [-0.2, -0.15) is 0 Å². The molecule has 1 rings (SSSR count). The Bertz CT molecular complexity index is 288. The van der Waals surface area contributed by atoms with Crippen molar-refractivity contribution in [2.75, 3.05) is 5.43 Å². The van der Waals surface area contributed by atoms with E-state index in [2.05, 4.69) is 36.8 Å². The van der Waals surface area contributed by atoms with Crippen molar-refractivity contribution in [2.45, 2.75) is 26.7 Å². The van der Waals surface area contributed by atoms with Crippen LogP contribution in [-0.4, -0.2) is 6.41 Å². The third-order valence-electron chi connectivity index (χ3n) is 2.25. The van der Waals surface area contributed by atoms with Crippen LogP contribution >= 0.6 is 0 Å². The van der Waals surface area contributed by atoms with Gasteiger partial charge in [0.05, 0.1) is 5.69 Å². The van der Waals surface area contributed by atoms with Gasteiger partial charge in [0.25, 0.3) is 0 Å². The highest BCUT2D eigenvalue weighted by Crippen LogP contribution is 2.21. The van der Waals surface area contributed by atoms with Gasteiger partial charge in [0, 0.05) is 0 Å². The number of para-hydroxylation sites is 1. The second-order valence-electron chi connectivity index (χ2n) is 3.05. The summed E-state index contributed by atoms with van der Waals surface area (Å²) in [6.07, 6.45) is 2.55. The summed E-state index contributed by atoms with van der Waals surface area (Å²) in [5.74, 6) is 0. The Labute approximate surface area is 84.5 Å². The number of carbonyl (C=O) groups is 1. The van der Waals surface area contributed by atoms with E-state index in [1.165, 1.54) is 11.1 Å². The predicted octanol–water partition coefficient (Wildman–Crippen LogP) is 1.88. The largest absolute Gasteiger partial charge is 0.298 e. The number of nitrogens with one attached hydrogen (secondary N) is 2. The molecule has 0 fully saturated rings. The highest BCUT2D eigenvalue weighted by Gasteiger charge is 2.04. The standard InChI is InChI=1S/C11H16N2O/c1-3-9-6-5-7-10(4-2)11(9)13-12-8-14/h5-8,13H,3-4H2,1-2H3,(H,12,14). The summed E-state index contributed by atoms with van der Waals surface area (Å²) in [7, 11) is 0. The predicted molar refractivity (Wildman–Crippen MR) is 58.0 cm³/mol. The van der Waals surface area contributed by atoms with E-state index in [1.54, 1.807) is 0 Å². The Morgan fingerprint density at radius 2 is 1.79 bits per heavy atom. The van der Waals surface area contributed by atoms with Crippen LogP contribution in [0.15, 0.2) is 18.2 Å². The molecular formula is C11H16N2O. The lowest BCUT2D eigenvalue weighted by atomic mass is 10.0. The van der Waals surface area contributed by atoms with Crippen LogP contribution in [0.3, 0.4) is 0 Å². The van der Waals surface area contributed by atoms with Crippen LogP contribution in [0.2, 0.25) is 0 Å². The zero-order chi connectivity index (χ0) is 10.4. The zero-order valence-corrected chi connectivity index (χ0v) is 8.63. The molecule has 2 N–H and O–H groups in total. The molecule has 14 heavy (non-hydrogen) atoms. The van der Waals surface area contributed by atoms with Crippen molar-refractivity contribution in [1.82, 2.24) is 5.43 Å². The van der Waals surface area contributed by atoms with E-state index in [1.807, 2.05) is 6.07 Å². The Morgan fingerprint density at radius 1 is 1.21 bits per heavy atom. The lowest BCUT2D eigenvalue weighted by Gasteiger charge is -2.13. The average molecular weight is 192 g/mol. The van der Waals surface area contributed by atoms with Gasteiger partial charge in [-0.05, 0) is 24.0 Å². The van der Waals surface area contributed by atoms with Crippen molar-refractivity contribution < 1.29 is 4.79 Å². The number of benzene rings is 1. The van der Waals surface area contributed by atoms with E-state index >= 15 is 0 Å². The summed E-state index contributed by atoms with van der Waals surface area (Å²) >= 11 is 0. The maximum absolute atomic E-state index is 10.2. The molecule has 3 nitrogen and oxygen atoms in total. The van der Waals surface area contributed by atoms with Crippen molar-refractivity contribution >= 4 is 12.1 Å². The number of amides is 1. The Morgan fingerprint density at radius 3 is 2.21 bits per heavy atom. The molecular weight excluding hydrogens is 176 g/mol. The van der Waals surface area contributed by atoms with Gasteiger partial charge >= 0.3 is 0 Å². The third kappa shape index (κ3) is 2.25. The maximum atomic E-state index is 10.2. The monoisotopic (exact) mass is 192 g/mol. The van der Waals surface area contributed by atoms with E-state index in [0.717, 1.165) is 18.5 Å². The summed E-state index contributed by atoms with van der Waals surface area (Å²) in [5.41, 5.74) is 8.87. The second-order valence-corrected chi connectivity index (χ2v) is 3.05. The smallest absolute Gasteiger partial charge is 0.225 e. The number of rotatable bonds is 5. The minimum Gasteiger partial charge on any atom is -0.298 e. The van der Waals surface area contributed by atoms with E-state index in [4.69, 9.17) is 0 Å². The van der Waals surface area contributed by atoms with Gasteiger partial charge in [-0.15, -0.1) is 0 Å². The van der Waals surface area contributed by atoms with E-state index in [0.29, 0.717) is 6.41 Å². The van der Waals surface area contributed by atoms with Gasteiger partial charge in [-0.3, -0.25) is 15.6 Å². The molecule has 0 saturated carbocycles. The quantitative estimate of drug-likeness (QED) is 0.552. The van der Waals surface area contributed by atoms with Crippen LogP contribution in [-0.2, 0) is 17.6 Å². The van der Waals surface area contributed by atoms with E-state index in [9.17, 15) is 4.79 Å². The van der Waals surface area contributed by atoms with Gasteiger partial charge in [0.1, 0.15) is 0 Å². The van der Waals surface area contributed by atoms with Crippen LogP contribution in [0.1, 0.15) is 25.0 Å². The Kier molecular flexibility index (Phi) is 3.98. The first-order chi connectivity index (χ1) is 6.83. The summed E-state index contributed by atoms with van der Waals surface area (Å²) in [6.45, 7) is 4.20. The number of hydrogen-bond acceptors (Lipinski definition) is 2. The molecule has 1 aromatic carbocycles. The molecule has 3 heteroatoms. The van der Waals surface area contributed by atoms with E-state index in [-0.39, 0.29) is 0 Å². The molecule has 0 bridgehead atoms. The summed E-state index contributed by atoms with van der Waals surface area (Å²) < 4.78 is 0. The highest BCUT2D eigenvalue weighted by atomic mass is 16.1. The van der Waals surface area contributed by atoms with Crippen molar-refractivity contribution in [1.29, 1.82) is 0 Å². The first-order valence-corrected chi connectivity index (χ1v) is 4.89. The molecule has 1 aromatic rings. The van der Waals surface area contributed by atoms with Gasteiger partial charge in [-0.1, -0.05) is 32.0 Å². The Hall–Kier alpha value is -1.51. The molecule has 0 aliphatic carbocycles. The van der Waals surface area contributed by atoms with Crippen LogP contribution in [0.4, 0.5) is 5.69 Å². The molecule has 0 spiro atoms. The average Bonchev–Trinajstić information content (AvgIpc) is 2.25. The van der Waals surface area contributed by atoms with Gasteiger partial charge in [0.2, 0.25) is 6.41 Å². The van der Waals surface area contributed by atoms with E-state index < -0.39 is 0 Å². The minimum absolute atomic E-state index is 0.645. The molecule has 0 aromatic heterocycles. The van der Waals surface area contributed by atoms with Crippen molar-refractivity contribution in [2.24, 2.45) is 0 Å². The lowest BCUT2D eigenvalue weighted by Crippen LogP contribution is -2.21. The second kappa shape index (κ2) is 5.27. The molecule has 0 aliphatic heterocycles. The molecule has 0 saturated heterocycles. The van der Waals surface area contributed by atoms with Gasteiger partial charge in [0.15, 0.2) is 0 Å². The molecule has 0 radical (unpaired) electrons. The number of anilines is 1. The molecule has 0 unspecified atom stereocenters. The number of hydrogen-bond donors (Lipinski definition) is 2. The van der Waals surface area contributed by atoms with Crippen LogP contribution < -0.4 is 10.9 Å². The molecule has 0 aliphatic rings. The fraction of sp³-hybridized carbons (Fsp3) is 0.364. The summed E-state index contributed by atoms with van der Waals surface area (Å²) in [6, 6.07) is 6.17. The highest BCUT2D eigenvalue weighted by molar-refractivity contribution is 5.60. The fourth-order valence-electron chi connectivity index (χ4n) is 1.50. The zero-order valence-electron chi connectivity index (χ0n) is 8.63. The molecule has 0 heterocycles.